The number of aliphatic carboxylic acids is 1. The van der Waals surface area contributed by atoms with Crippen LogP contribution in [0.15, 0.2) is 90.1 Å². The molecular formula is C56H66Cl4F3N14O20PS. The number of carboxylic acid groups (broad SMARTS) is 1. The number of alkyl halides is 5. The van der Waals surface area contributed by atoms with Crippen LogP contribution in [0.2, 0.25) is 10.3 Å². The molecule has 0 fully saturated rings. The normalized spacial score (nSPS) is 12.5. The van der Waals surface area contributed by atoms with Crippen molar-refractivity contribution < 1.29 is 103 Å². The SMILES string of the molecule is CC1COc2ccccc2N1C(=O)C(Cl)Cl.CCNc1nc(Cl)nc(NC(C)C)n1.CCOC(=O)C(C)OC(=O)c1cc(Oc2ccc(C(F)(F)F)cc2Cl)ccc1[N+](=O)[O-].COc1cc(OC)nc(NC(=O)NS(=O)(=O)c2ncccc2C(=O)N(C)C)n1.O=C(O)CNCP(=O)(O)O. The van der Waals surface area contributed by atoms with Crippen molar-refractivity contribution in [1.82, 2.24) is 44.8 Å². The third-order valence-corrected chi connectivity index (χ3v) is 14.2. The van der Waals surface area contributed by atoms with Crippen LogP contribution in [0.1, 0.15) is 67.8 Å². The zero-order valence-electron chi connectivity index (χ0n) is 53.7. The molecule has 0 bridgehead atoms. The van der Waals surface area contributed by atoms with E-state index in [1.807, 2.05) is 52.0 Å². The number of anilines is 4. The topological polar surface area (TPSA) is 457 Å². The first-order valence-corrected chi connectivity index (χ1v) is 33.1. The first kappa shape index (κ1) is 84.0. The maximum absolute atomic E-state index is 12.8. The van der Waals surface area contributed by atoms with Gasteiger partial charge in [0, 0.05) is 45.0 Å². The molecule has 3 aromatic carbocycles. The Morgan fingerprint density at radius 2 is 1.52 bits per heavy atom. The van der Waals surface area contributed by atoms with Gasteiger partial charge in [-0.3, -0.25) is 39.7 Å². The van der Waals surface area contributed by atoms with Crippen molar-refractivity contribution in [2.24, 2.45) is 0 Å². The third-order valence-electron chi connectivity index (χ3n) is 11.4. The summed E-state index contributed by atoms with van der Waals surface area (Å²) >= 11 is 22.8. The van der Waals surface area contributed by atoms with Crippen molar-refractivity contribution in [1.29, 1.82) is 0 Å². The standard InChI is InChI=1S/C19H15ClF3NO7.C15H18N6O6S.C11H11Cl2NO2.C8H14ClN5.C3H8NO5P/c1-3-29-17(25)10(2)30-18(26)13-9-12(5-6-15(13)24(27)28)31-16-7-4-11(8-14(16)20)19(21,22)23;1-21(2)13(22)9-6-5-7-16-12(9)28(24,25)20-15(23)19-14-17-10(26-3)8-11(18-14)27-4;1-7-6-16-9-5-3-2-4-8(9)14(7)11(15)10(12)13;1-4-10-7-12-6(9)13-8(14-7)11-5(2)3;5-3(6)1-4-2-10(7,8)9/h4-10H,3H2,1-2H3;5-8H,1-4H3,(H2,17,18,19,20,23);2-5,7,10H,6H2,1H3;5H,4H2,1-3H3,(H2,10,11,12,13,14);4H,1-2H2,(H,5,6)(H2,7,8,9). The van der Waals surface area contributed by atoms with Crippen LogP contribution >= 0.6 is 54.0 Å². The van der Waals surface area contributed by atoms with Crippen LogP contribution in [0, 0.1) is 10.1 Å². The van der Waals surface area contributed by atoms with Gasteiger partial charge in [0.1, 0.15) is 29.4 Å². The minimum absolute atomic E-state index is 0.0398. The second-order valence-corrected chi connectivity index (χ2v) is 24.8. The van der Waals surface area contributed by atoms with E-state index in [9.17, 15) is 65.0 Å². The van der Waals surface area contributed by atoms with Gasteiger partial charge in [-0.2, -0.15) is 46.5 Å². The summed E-state index contributed by atoms with van der Waals surface area (Å²) in [6.07, 6.45) is -5.35. The summed E-state index contributed by atoms with van der Waals surface area (Å²) in [4.78, 5) is 122. The molecule has 99 heavy (non-hydrogen) atoms. The molecule has 4 amide bonds. The van der Waals surface area contributed by atoms with Crippen molar-refractivity contribution in [2.75, 3.05) is 81.8 Å². The summed E-state index contributed by atoms with van der Waals surface area (Å²) in [6.45, 7) is 11.4. The van der Waals surface area contributed by atoms with E-state index in [1.165, 1.54) is 64.5 Å². The van der Waals surface area contributed by atoms with Crippen molar-refractivity contribution >= 4 is 129 Å². The number of fused-ring (bicyclic) bond motifs is 1. The van der Waals surface area contributed by atoms with Gasteiger partial charge in [0.15, 0.2) is 16.0 Å². The smallest absolute Gasteiger partial charge is 0.416 e. The van der Waals surface area contributed by atoms with Gasteiger partial charge >= 0.3 is 37.7 Å². The highest BCUT2D eigenvalue weighted by Crippen LogP contribution is 2.38. The second-order valence-electron chi connectivity index (χ2n) is 19.7. The second kappa shape index (κ2) is 39.4. The Bertz CT molecular complexity index is 3940. The number of rotatable bonds is 22. The number of hydrogen-bond donors (Lipinski definition) is 8. The van der Waals surface area contributed by atoms with Crippen LogP contribution in [0.25, 0.3) is 0 Å². The number of halogens is 7. The van der Waals surface area contributed by atoms with Gasteiger partial charge < -0.3 is 63.7 Å². The Morgan fingerprint density at radius 3 is 2.06 bits per heavy atom. The number of sulfonamides is 1. The van der Waals surface area contributed by atoms with Crippen LogP contribution in [0.5, 0.6) is 29.0 Å². The molecule has 1 aliphatic rings. The molecule has 2 unspecified atom stereocenters. The Labute approximate surface area is 582 Å². The summed E-state index contributed by atoms with van der Waals surface area (Å²) in [5.41, 5.74) is -1.64. The Kier molecular flexibility index (Phi) is 33.4. The highest BCUT2D eigenvalue weighted by atomic mass is 35.5. The van der Waals surface area contributed by atoms with Crippen LogP contribution in [0.4, 0.5) is 47.2 Å². The van der Waals surface area contributed by atoms with Crippen molar-refractivity contribution in [3.8, 4) is 29.0 Å². The van der Waals surface area contributed by atoms with Gasteiger partial charge in [-0.25, -0.2) is 24.1 Å². The minimum Gasteiger partial charge on any atom is -0.489 e. The number of nitro benzene ring substituents is 1. The van der Waals surface area contributed by atoms with Crippen LogP contribution in [-0.4, -0.2) is 183 Å². The highest BCUT2D eigenvalue weighted by Gasteiger charge is 2.34. The quantitative estimate of drug-likeness (QED) is 0.0104. The van der Waals surface area contributed by atoms with Crippen LogP contribution < -0.4 is 49.8 Å². The van der Waals surface area contributed by atoms with E-state index in [-0.39, 0.29) is 69.7 Å². The number of nitrogens with one attached hydrogen (secondary N) is 5. The molecule has 0 saturated carbocycles. The van der Waals surface area contributed by atoms with Crippen molar-refractivity contribution in [3.63, 3.8) is 0 Å². The van der Waals surface area contributed by atoms with E-state index in [4.69, 9.17) is 89.7 Å². The molecule has 4 heterocycles. The number of ether oxygens (including phenoxy) is 6. The van der Waals surface area contributed by atoms with Gasteiger partial charge in [-0.1, -0.05) is 46.9 Å². The number of aromatic nitrogens is 6. The Hall–Kier alpha value is -9.27. The summed E-state index contributed by atoms with van der Waals surface area (Å²) in [6, 6.07) is 15.8. The molecule has 0 aliphatic carbocycles. The molecule has 540 valence electrons. The Morgan fingerprint density at radius 1 is 0.879 bits per heavy atom. The molecule has 0 saturated heterocycles. The number of pyridine rings is 1. The van der Waals surface area contributed by atoms with Gasteiger partial charge in [0.25, 0.3) is 27.5 Å². The zero-order valence-corrected chi connectivity index (χ0v) is 58.5. The summed E-state index contributed by atoms with van der Waals surface area (Å²) in [5.74, 6) is -2.80. The molecule has 7 rings (SSSR count). The van der Waals surface area contributed by atoms with Crippen LogP contribution in [-0.2, 0) is 44.6 Å². The lowest BCUT2D eigenvalue weighted by molar-refractivity contribution is -0.385. The lowest BCUT2D eigenvalue weighted by atomic mass is 10.1. The third kappa shape index (κ3) is 28.2. The molecule has 0 radical (unpaired) electrons. The summed E-state index contributed by atoms with van der Waals surface area (Å²) < 4.78 is 105. The first-order chi connectivity index (χ1) is 46.2. The van der Waals surface area contributed by atoms with Crippen molar-refractivity contribution in [3.05, 3.63) is 122 Å². The van der Waals surface area contributed by atoms with E-state index < -0.39 is 104 Å². The number of nitrogens with zero attached hydrogens (tertiary/aromatic N) is 9. The number of carboxylic acids is 1. The molecule has 1 aliphatic heterocycles. The number of nitro groups is 1. The number of urea groups is 1. The van der Waals surface area contributed by atoms with Gasteiger partial charge in [0.05, 0.1) is 72.5 Å². The monoisotopic (exact) mass is 1510 g/mol. The summed E-state index contributed by atoms with van der Waals surface area (Å²) in [5, 5.41) is 28.7. The minimum atomic E-state index is -4.61. The molecule has 43 heteroatoms. The number of carbonyl (C=O) groups excluding carboxylic acids is 5. The summed E-state index contributed by atoms with van der Waals surface area (Å²) in [7, 11) is -2.94. The average molecular weight is 1520 g/mol. The number of esters is 2. The molecule has 6 aromatic rings. The fourth-order valence-corrected chi connectivity index (χ4v) is 9.28. The fourth-order valence-electron chi connectivity index (χ4n) is 7.26. The predicted molar refractivity (Wildman–Crippen MR) is 353 cm³/mol. The van der Waals surface area contributed by atoms with E-state index in [2.05, 4.69) is 51.2 Å². The van der Waals surface area contributed by atoms with Crippen LogP contribution in [0.3, 0.4) is 0 Å². The largest absolute Gasteiger partial charge is 0.489 e. The van der Waals surface area contributed by atoms with E-state index in [0.717, 1.165) is 42.6 Å². The van der Waals surface area contributed by atoms with E-state index in [0.29, 0.717) is 30.3 Å². The fraction of sp³-hybridized carbons (Fsp3) is 0.357. The molecule has 8 N–H and O–H groups in total. The maximum atomic E-state index is 12.8. The first-order valence-electron chi connectivity index (χ1n) is 28.2. The lowest BCUT2D eigenvalue weighted by Gasteiger charge is -2.35. The highest BCUT2D eigenvalue weighted by molar-refractivity contribution is 7.90. The maximum Gasteiger partial charge on any atom is 0.416 e. The van der Waals surface area contributed by atoms with E-state index >= 15 is 0 Å². The van der Waals surface area contributed by atoms with Crippen molar-refractivity contribution in [2.45, 2.75) is 75.8 Å². The number of amides is 4. The number of methoxy groups -OCH3 is 2. The number of benzene rings is 3. The molecular weight excluding hydrogens is 1450 g/mol. The zero-order chi connectivity index (χ0) is 74.7. The molecule has 0 spiro atoms. The number of carbonyl (C=O) groups is 6. The van der Waals surface area contributed by atoms with E-state index in [1.54, 1.807) is 16.5 Å². The van der Waals surface area contributed by atoms with Gasteiger partial charge in [-0.05, 0) is 102 Å². The van der Waals surface area contributed by atoms with Gasteiger partial charge in [-0.15, -0.1) is 0 Å². The number of para-hydroxylation sites is 2. The Balaban J connectivity index is 0.000000341. The lowest BCUT2D eigenvalue weighted by Crippen LogP contribution is -2.47. The average Bonchev–Trinajstić information content (AvgIpc) is 0.811. The predicted octanol–water partition coefficient (Wildman–Crippen LogP) is 8.45. The molecule has 2 atom stereocenters. The molecule has 34 nitrogen and oxygen atoms in total. The number of hydrogen-bond acceptors (Lipinski definition) is 26. The molecule has 3 aromatic heterocycles. The van der Waals surface area contributed by atoms with Gasteiger partial charge in [0.2, 0.25) is 34.9 Å².